The molecule has 0 saturated carbocycles. The number of hydrogen-bond donors (Lipinski definition) is 0. The molecule has 0 bridgehead atoms. The van der Waals surface area contributed by atoms with Crippen LogP contribution in [0.5, 0.6) is 5.75 Å². The SMILES string of the molecule is CCOC(=O)C1=C(C)N=c2s/c(=C/c3ccc(OCc4ccccc4[N+](=O)[O-])cc3)c(=O)n2[C@@H]1c1ccccc1. The van der Waals surface area contributed by atoms with Crippen LogP contribution in [0.1, 0.15) is 36.6 Å². The molecular formula is C30H25N3O6S. The number of hydrogen-bond acceptors (Lipinski definition) is 8. The molecule has 1 aromatic heterocycles. The molecule has 0 aliphatic carbocycles. The summed E-state index contributed by atoms with van der Waals surface area (Å²) in [5.41, 5.74) is 2.62. The molecule has 4 aromatic rings. The quantitative estimate of drug-likeness (QED) is 0.182. The van der Waals surface area contributed by atoms with Crippen molar-refractivity contribution in [2.75, 3.05) is 6.61 Å². The standard InChI is InChI=1S/C30H25N3O6S/c1-3-38-29(35)26-19(2)31-30-32(27(26)21-9-5-4-6-10-21)28(34)25(40-30)17-20-13-15-23(16-14-20)39-18-22-11-7-8-12-24(22)33(36)37/h4-17,27H,3,18H2,1-2H3/b25-17+/t27-/m1/s1. The molecular weight excluding hydrogens is 530 g/mol. The summed E-state index contributed by atoms with van der Waals surface area (Å²) >= 11 is 1.25. The third-order valence-electron chi connectivity index (χ3n) is 6.39. The van der Waals surface area contributed by atoms with Crippen molar-refractivity contribution in [2.24, 2.45) is 4.99 Å². The van der Waals surface area contributed by atoms with Crippen molar-refractivity contribution < 1.29 is 19.2 Å². The van der Waals surface area contributed by atoms with E-state index in [1.54, 1.807) is 67.0 Å². The van der Waals surface area contributed by atoms with Gasteiger partial charge in [0.15, 0.2) is 4.80 Å². The fourth-order valence-electron chi connectivity index (χ4n) is 4.53. The third kappa shape index (κ3) is 5.34. The number of rotatable bonds is 8. The number of benzene rings is 3. The van der Waals surface area contributed by atoms with E-state index in [9.17, 15) is 19.7 Å². The summed E-state index contributed by atoms with van der Waals surface area (Å²) in [5, 5.41) is 11.2. The van der Waals surface area contributed by atoms with Crippen LogP contribution in [0.25, 0.3) is 6.08 Å². The van der Waals surface area contributed by atoms with Gasteiger partial charge in [0.05, 0.1) is 38.9 Å². The first kappa shape index (κ1) is 26.8. The van der Waals surface area contributed by atoms with Gasteiger partial charge < -0.3 is 9.47 Å². The number of carbonyl (C=O) groups excluding carboxylic acids is 1. The van der Waals surface area contributed by atoms with Crippen LogP contribution in [0.4, 0.5) is 5.69 Å². The zero-order valence-electron chi connectivity index (χ0n) is 21.8. The van der Waals surface area contributed by atoms with Gasteiger partial charge in [-0.2, -0.15) is 0 Å². The largest absolute Gasteiger partial charge is 0.489 e. The molecule has 1 aliphatic heterocycles. The number of nitro benzene ring substituents is 1. The van der Waals surface area contributed by atoms with E-state index in [1.807, 2.05) is 30.3 Å². The molecule has 10 heteroatoms. The van der Waals surface area contributed by atoms with Crippen LogP contribution in [-0.4, -0.2) is 22.1 Å². The molecule has 0 radical (unpaired) electrons. The number of fused-ring (bicyclic) bond motifs is 1. The Kier molecular flexibility index (Phi) is 7.70. The van der Waals surface area contributed by atoms with Crippen molar-refractivity contribution in [2.45, 2.75) is 26.5 Å². The fourth-order valence-corrected chi connectivity index (χ4v) is 5.57. The van der Waals surface area contributed by atoms with Crippen LogP contribution in [0, 0.1) is 10.1 Å². The van der Waals surface area contributed by atoms with Crippen LogP contribution in [0.2, 0.25) is 0 Å². The van der Waals surface area contributed by atoms with E-state index in [0.717, 1.165) is 11.1 Å². The Morgan fingerprint density at radius 3 is 2.48 bits per heavy atom. The van der Waals surface area contributed by atoms with Crippen molar-refractivity contribution in [1.82, 2.24) is 4.57 Å². The molecule has 0 amide bonds. The Balaban J connectivity index is 1.46. The van der Waals surface area contributed by atoms with Gasteiger partial charge in [-0.15, -0.1) is 0 Å². The summed E-state index contributed by atoms with van der Waals surface area (Å²) in [7, 11) is 0. The minimum Gasteiger partial charge on any atom is -0.489 e. The summed E-state index contributed by atoms with van der Waals surface area (Å²) in [4.78, 5) is 42.5. The maximum absolute atomic E-state index is 13.7. The second-order valence-electron chi connectivity index (χ2n) is 8.96. The zero-order chi connectivity index (χ0) is 28.2. The van der Waals surface area contributed by atoms with Gasteiger partial charge >= 0.3 is 5.97 Å². The maximum atomic E-state index is 13.7. The second-order valence-corrected chi connectivity index (χ2v) is 9.97. The fraction of sp³-hybridized carbons (Fsp3) is 0.167. The molecule has 0 fully saturated rings. The zero-order valence-corrected chi connectivity index (χ0v) is 22.6. The predicted octanol–water partition coefficient (Wildman–Crippen LogP) is 4.29. The Bertz CT molecular complexity index is 1790. The lowest BCUT2D eigenvalue weighted by Crippen LogP contribution is -2.39. The number of aromatic nitrogens is 1. The number of esters is 1. The molecule has 0 saturated heterocycles. The first-order chi connectivity index (χ1) is 19.4. The van der Waals surface area contributed by atoms with Gasteiger partial charge in [0.2, 0.25) is 0 Å². The number of nitro groups is 1. The monoisotopic (exact) mass is 555 g/mol. The van der Waals surface area contributed by atoms with E-state index in [2.05, 4.69) is 4.99 Å². The summed E-state index contributed by atoms with van der Waals surface area (Å²) < 4.78 is 13.1. The smallest absolute Gasteiger partial charge is 0.338 e. The van der Waals surface area contributed by atoms with Crippen LogP contribution < -0.4 is 19.6 Å². The van der Waals surface area contributed by atoms with Gasteiger partial charge in [-0.1, -0.05) is 65.9 Å². The molecule has 1 aliphatic rings. The lowest BCUT2D eigenvalue weighted by molar-refractivity contribution is -0.385. The number of allylic oxidation sites excluding steroid dienone is 1. The number of para-hydroxylation sites is 1. The predicted molar refractivity (Wildman–Crippen MR) is 151 cm³/mol. The van der Waals surface area contributed by atoms with Crippen LogP contribution in [0.15, 0.2) is 99.9 Å². The van der Waals surface area contributed by atoms with Crippen molar-refractivity contribution in [1.29, 1.82) is 0 Å². The molecule has 5 rings (SSSR count). The highest BCUT2D eigenvalue weighted by Crippen LogP contribution is 2.30. The minimum absolute atomic E-state index is 0.00431. The Hall–Kier alpha value is -4.83. The number of thiazole rings is 1. The molecule has 40 heavy (non-hydrogen) atoms. The lowest BCUT2D eigenvalue weighted by atomic mass is 9.96. The van der Waals surface area contributed by atoms with Gasteiger partial charge in [-0.05, 0) is 49.2 Å². The molecule has 0 unspecified atom stereocenters. The van der Waals surface area contributed by atoms with Crippen LogP contribution in [-0.2, 0) is 16.1 Å². The van der Waals surface area contributed by atoms with E-state index in [1.165, 1.54) is 17.4 Å². The van der Waals surface area contributed by atoms with Crippen LogP contribution >= 0.6 is 11.3 Å². The second kappa shape index (κ2) is 11.5. The van der Waals surface area contributed by atoms with Gasteiger partial charge in [-0.3, -0.25) is 19.5 Å². The first-order valence-corrected chi connectivity index (χ1v) is 13.4. The van der Waals surface area contributed by atoms with Gasteiger partial charge in [0.1, 0.15) is 12.4 Å². The summed E-state index contributed by atoms with van der Waals surface area (Å²) in [6.07, 6.45) is 1.76. The minimum atomic E-state index is -0.656. The van der Waals surface area contributed by atoms with Crippen molar-refractivity contribution in [3.63, 3.8) is 0 Å². The molecule has 3 aromatic carbocycles. The highest BCUT2D eigenvalue weighted by molar-refractivity contribution is 7.07. The topological polar surface area (TPSA) is 113 Å². The van der Waals surface area contributed by atoms with Crippen molar-refractivity contribution in [3.05, 3.63) is 137 Å². The lowest BCUT2D eigenvalue weighted by Gasteiger charge is -2.24. The van der Waals surface area contributed by atoms with Gasteiger partial charge in [0.25, 0.3) is 11.2 Å². The van der Waals surface area contributed by atoms with E-state index in [0.29, 0.717) is 31.9 Å². The van der Waals surface area contributed by atoms with E-state index in [4.69, 9.17) is 9.47 Å². The summed E-state index contributed by atoms with van der Waals surface area (Å²) in [6, 6.07) is 22.2. The molecule has 1 atom stereocenters. The average Bonchev–Trinajstić information content (AvgIpc) is 3.26. The maximum Gasteiger partial charge on any atom is 0.338 e. The Labute approximate surface area is 233 Å². The molecule has 9 nitrogen and oxygen atoms in total. The third-order valence-corrected chi connectivity index (χ3v) is 7.38. The van der Waals surface area contributed by atoms with E-state index < -0.39 is 16.9 Å². The first-order valence-electron chi connectivity index (χ1n) is 12.6. The van der Waals surface area contributed by atoms with E-state index in [-0.39, 0.29) is 24.5 Å². The number of ether oxygens (including phenoxy) is 2. The van der Waals surface area contributed by atoms with Gasteiger partial charge in [0, 0.05) is 6.07 Å². The number of carbonyl (C=O) groups is 1. The van der Waals surface area contributed by atoms with Crippen LogP contribution in [0.3, 0.4) is 0 Å². The summed E-state index contributed by atoms with van der Waals surface area (Å²) in [6.45, 7) is 3.75. The molecule has 202 valence electrons. The summed E-state index contributed by atoms with van der Waals surface area (Å²) in [5.74, 6) is 0.0406. The highest BCUT2D eigenvalue weighted by atomic mass is 32.1. The average molecular weight is 556 g/mol. The van der Waals surface area contributed by atoms with E-state index >= 15 is 0 Å². The highest BCUT2D eigenvalue weighted by Gasteiger charge is 2.33. The normalized spacial score (nSPS) is 14.8. The Morgan fingerprint density at radius 2 is 1.77 bits per heavy atom. The van der Waals surface area contributed by atoms with Crippen molar-refractivity contribution in [3.8, 4) is 5.75 Å². The van der Waals surface area contributed by atoms with Crippen molar-refractivity contribution >= 4 is 29.1 Å². The molecule has 0 spiro atoms. The number of nitrogens with zero attached hydrogens (tertiary/aromatic N) is 3. The van der Waals surface area contributed by atoms with Gasteiger partial charge in [-0.25, -0.2) is 9.79 Å². The Morgan fingerprint density at radius 1 is 1.07 bits per heavy atom. The molecule has 0 N–H and O–H groups in total. The molecule has 2 heterocycles.